The average Bonchev–Trinajstić information content (AvgIpc) is 2.51. The van der Waals surface area contributed by atoms with Crippen molar-refractivity contribution in [3.8, 4) is 0 Å². The van der Waals surface area contributed by atoms with Crippen LogP contribution < -0.4 is 5.73 Å². The van der Waals surface area contributed by atoms with E-state index in [1.165, 1.54) is 5.56 Å². The molecule has 0 spiro atoms. The number of anilines is 1. The Bertz CT molecular complexity index is 514. The van der Waals surface area contributed by atoms with Gasteiger partial charge < -0.3 is 10.6 Å². The van der Waals surface area contributed by atoms with Crippen LogP contribution in [0.1, 0.15) is 18.4 Å². The number of nitrogen functional groups attached to an aromatic ring is 1. The molecular weight excluding hydrogens is 260 g/mol. The molecule has 0 saturated carbocycles. The number of benzene rings is 1. The van der Waals surface area contributed by atoms with Crippen LogP contribution in [0.2, 0.25) is 0 Å². The Morgan fingerprint density at radius 2 is 2.05 bits per heavy atom. The lowest BCUT2D eigenvalue weighted by atomic mass is 10.1. The summed E-state index contributed by atoms with van der Waals surface area (Å²) < 4.78 is 23.0. The van der Waals surface area contributed by atoms with Crippen LogP contribution in [0, 0.1) is 0 Å². The van der Waals surface area contributed by atoms with Crippen molar-refractivity contribution >= 4 is 15.5 Å². The molecule has 0 radical (unpaired) electrons. The summed E-state index contributed by atoms with van der Waals surface area (Å²) in [5.41, 5.74) is 7.80. The summed E-state index contributed by atoms with van der Waals surface area (Å²) in [5.74, 6) is 0.657. The third-order valence-electron chi connectivity index (χ3n) is 3.54. The van der Waals surface area contributed by atoms with Crippen molar-refractivity contribution in [2.24, 2.45) is 0 Å². The van der Waals surface area contributed by atoms with Crippen molar-refractivity contribution in [1.82, 2.24) is 4.90 Å². The van der Waals surface area contributed by atoms with Gasteiger partial charge in [0.25, 0.3) is 0 Å². The third-order valence-corrected chi connectivity index (χ3v) is 5.25. The lowest BCUT2D eigenvalue weighted by Gasteiger charge is -2.18. The summed E-state index contributed by atoms with van der Waals surface area (Å²) in [5, 5.41) is 0. The molecule has 0 bridgehead atoms. The van der Waals surface area contributed by atoms with Gasteiger partial charge in [-0.2, -0.15) is 0 Å². The number of hydrogen-bond acceptors (Lipinski definition) is 4. The Labute approximate surface area is 115 Å². The molecule has 19 heavy (non-hydrogen) atoms. The van der Waals surface area contributed by atoms with Gasteiger partial charge in [-0.1, -0.05) is 12.1 Å². The van der Waals surface area contributed by atoms with Gasteiger partial charge in [0.1, 0.15) is 0 Å². The minimum absolute atomic E-state index is 0.311. The zero-order valence-corrected chi connectivity index (χ0v) is 12.0. The maximum atomic E-state index is 11.5. The second-order valence-corrected chi connectivity index (χ2v) is 7.50. The van der Waals surface area contributed by atoms with Crippen LogP contribution in [0.3, 0.4) is 0 Å². The molecule has 1 aromatic carbocycles. The van der Waals surface area contributed by atoms with Gasteiger partial charge in [0.15, 0.2) is 9.84 Å². The first-order valence-electron chi connectivity index (χ1n) is 6.82. The highest BCUT2D eigenvalue weighted by atomic mass is 32.2. The molecule has 0 aliphatic carbocycles. The number of aryl methyl sites for hydroxylation is 1. The highest BCUT2D eigenvalue weighted by Crippen LogP contribution is 2.10. The SMILES string of the molecule is Nc1cccc(CCCN2CCCS(=O)(=O)CC2)c1. The molecule has 1 aliphatic heterocycles. The maximum absolute atomic E-state index is 11.5. The molecule has 2 N–H and O–H groups in total. The van der Waals surface area contributed by atoms with E-state index in [4.69, 9.17) is 5.73 Å². The van der Waals surface area contributed by atoms with Crippen molar-refractivity contribution in [2.45, 2.75) is 19.3 Å². The van der Waals surface area contributed by atoms with Gasteiger partial charge >= 0.3 is 0 Å². The van der Waals surface area contributed by atoms with E-state index >= 15 is 0 Å². The van der Waals surface area contributed by atoms with Crippen molar-refractivity contribution in [3.63, 3.8) is 0 Å². The van der Waals surface area contributed by atoms with E-state index in [9.17, 15) is 8.42 Å². The third kappa shape index (κ3) is 4.84. The molecule has 106 valence electrons. The van der Waals surface area contributed by atoms with Crippen LogP contribution in [0.15, 0.2) is 24.3 Å². The monoisotopic (exact) mass is 282 g/mol. The summed E-state index contributed by atoms with van der Waals surface area (Å²) in [6.45, 7) is 2.54. The number of hydrogen-bond donors (Lipinski definition) is 1. The Kier molecular flexibility index (Phi) is 4.82. The van der Waals surface area contributed by atoms with Gasteiger partial charge in [0.2, 0.25) is 0 Å². The Hall–Kier alpha value is -1.07. The Morgan fingerprint density at radius 1 is 1.21 bits per heavy atom. The van der Waals surface area contributed by atoms with E-state index in [1.54, 1.807) is 0 Å². The normalized spacial score (nSPS) is 20.0. The summed E-state index contributed by atoms with van der Waals surface area (Å²) >= 11 is 0. The van der Waals surface area contributed by atoms with E-state index in [2.05, 4.69) is 11.0 Å². The number of nitrogens with two attached hydrogens (primary N) is 1. The number of rotatable bonds is 4. The lowest BCUT2D eigenvalue weighted by Crippen LogP contribution is -2.28. The maximum Gasteiger partial charge on any atom is 0.151 e. The van der Waals surface area contributed by atoms with Crippen molar-refractivity contribution in [1.29, 1.82) is 0 Å². The first-order valence-corrected chi connectivity index (χ1v) is 8.64. The molecule has 0 aromatic heterocycles. The van der Waals surface area contributed by atoms with Gasteiger partial charge in [-0.25, -0.2) is 8.42 Å². The van der Waals surface area contributed by atoms with Gasteiger partial charge in [-0.05, 0) is 50.0 Å². The minimum atomic E-state index is -2.79. The summed E-state index contributed by atoms with van der Waals surface area (Å²) in [6, 6.07) is 7.96. The molecule has 2 rings (SSSR count). The van der Waals surface area contributed by atoms with Crippen LogP contribution in [-0.2, 0) is 16.3 Å². The molecule has 1 fully saturated rings. The Morgan fingerprint density at radius 3 is 2.84 bits per heavy atom. The molecule has 1 aromatic rings. The summed E-state index contributed by atoms with van der Waals surface area (Å²) in [4.78, 5) is 2.26. The highest BCUT2D eigenvalue weighted by Gasteiger charge is 2.18. The van der Waals surface area contributed by atoms with Gasteiger partial charge in [-0.15, -0.1) is 0 Å². The van der Waals surface area contributed by atoms with Crippen molar-refractivity contribution in [2.75, 3.05) is 36.9 Å². The highest BCUT2D eigenvalue weighted by molar-refractivity contribution is 7.91. The average molecular weight is 282 g/mol. The molecule has 5 heteroatoms. The van der Waals surface area contributed by atoms with E-state index < -0.39 is 9.84 Å². The fraction of sp³-hybridized carbons (Fsp3) is 0.571. The molecule has 1 saturated heterocycles. The van der Waals surface area contributed by atoms with Crippen molar-refractivity contribution in [3.05, 3.63) is 29.8 Å². The molecular formula is C14H22N2O2S. The number of nitrogens with zero attached hydrogens (tertiary/aromatic N) is 1. The number of sulfone groups is 1. The second-order valence-electron chi connectivity index (χ2n) is 5.20. The quantitative estimate of drug-likeness (QED) is 0.846. The van der Waals surface area contributed by atoms with Crippen LogP contribution in [0.25, 0.3) is 0 Å². The molecule has 0 unspecified atom stereocenters. The topological polar surface area (TPSA) is 63.4 Å². The van der Waals surface area contributed by atoms with Crippen LogP contribution in [0.5, 0.6) is 0 Å². The first kappa shape index (κ1) is 14.3. The molecule has 1 aliphatic rings. The second kappa shape index (κ2) is 6.39. The first-order chi connectivity index (χ1) is 9.05. The standard InChI is InChI=1S/C14H22N2O2S/c15-14-6-1-4-13(12-14)5-2-7-16-8-3-10-19(17,18)11-9-16/h1,4,6,12H,2-3,5,7-11,15H2. The zero-order valence-electron chi connectivity index (χ0n) is 11.2. The molecule has 1 heterocycles. The minimum Gasteiger partial charge on any atom is -0.399 e. The predicted molar refractivity (Wildman–Crippen MR) is 78.9 cm³/mol. The summed E-state index contributed by atoms with van der Waals surface area (Å²) in [7, 11) is -2.79. The predicted octanol–water partition coefficient (Wildman–Crippen LogP) is 1.32. The van der Waals surface area contributed by atoms with Crippen molar-refractivity contribution < 1.29 is 8.42 Å². The smallest absolute Gasteiger partial charge is 0.151 e. The molecule has 0 amide bonds. The Balaban J connectivity index is 1.77. The van der Waals surface area contributed by atoms with Gasteiger partial charge in [0, 0.05) is 12.2 Å². The van der Waals surface area contributed by atoms with Gasteiger partial charge in [-0.3, -0.25) is 0 Å². The van der Waals surface area contributed by atoms with Crippen LogP contribution in [0.4, 0.5) is 5.69 Å². The summed E-state index contributed by atoms with van der Waals surface area (Å²) in [6.07, 6.45) is 2.80. The molecule has 4 nitrogen and oxygen atoms in total. The largest absolute Gasteiger partial charge is 0.399 e. The van der Waals surface area contributed by atoms with E-state index in [1.807, 2.05) is 18.2 Å². The lowest BCUT2D eigenvalue weighted by molar-refractivity contribution is 0.291. The van der Waals surface area contributed by atoms with E-state index in [0.717, 1.165) is 38.0 Å². The van der Waals surface area contributed by atoms with E-state index in [-0.39, 0.29) is 0 Å². The fourth-order valence-electron chi connectivity index (χ4n) is 2.47. The molecule has 0 atom stereocenters. The van der Waals surface area contributed by atoms with Crippen LogP contribution in [-0.4, -0.2) is 44.5 Å². The van der Waals surface area contributed by atoms with E-state index in [0.29, 0.717) is 18.1 Å². The van der Waals surface area contributed by atoms with Gasteiger partial charge in [0.05, 0.1) is 11.5 Å². The van der Waals surface area contributed by atoms with Crippen LogP contribution >= 0.6 is 0 Å². The fourth-order valence-corrected chi connectivity index (χ4v) is 3.78. The zero-order chi connectivity index (χ0) is 13.7.